The van der Waals surface area contributed by atoms with Gasteiger partial charge in [-0.2, -0.15) is 8.78 Å². The van der Waals surface area contributed by atoms with Crippen LogP contribution < -0.4 is 11.1 Å². The second-order valence-electron chi connectivity index (χ2n) is 6.29. The van der Waals surface area contributed by atoms with Crippen LogP contribution in [0.5, 0.6) is 0 Å². The number of carbonyl (C=O) groups excluding carboxylic acids is 2. The Balaban J connectivity index is 0.000000172. The lowest BCUT2D eigenvalue weighted by Gasteiger charge is -2.08. The number of thiophene rings is 2. The van der Waals surface area contributed by atoms with E-state index in [1.807, 2.05) is 19.2 Å². The van der Waals surface area contributed by atoms with E-state index in [0.717, 1.165) is 28.1 Å². The van der Waals surface area contributed by atoms with Crippen molar-refractivity contribution in [3.63, 3.8) is 0 Å². The van der Waals surface area contributed by atoms with E-state index < -0.39 is 5.92 Å². The molecular weight excluding hydrogens is 426 g/mol. The van der Waals surface area contributed by atoms with E-state index >= 15 is 0 Å². The smallest absolute Gasteiger partial charge is 0.327 e. The predicted molar refractivity (Wildman–Crippen MR) is 121 cm³/mol. The zero-order chi connectivity index (χ0) is 21.7. The number of halogens is 2. The van der Waals surface area contributed by atoms with E-state index in [1.165, 1.54) is 28.6 Å². The summed E-state index contributed by atoms with van der Waals surface area (Å²) in [5, 5.41) is 5.87. The van der Waals surface area contributed by atoms with Gasteiger partial charge >= 0.3 is 5.92 Å². The van der Waals surface area contributed by atoms with E-state index in [-0.39, 0.29) is 11.8 Å². The SMILES string of the molecule is CNc1cc(-c2cccs2)ccc1N.O=Cc1cc2ccc(C(F)(F)C=O)cc2s1. The molecule has 30 heavy (non-hydrogen) atoms. The number of benzene rings is 2. The second kappa shape index (κ2) is 9.15. The fraction of sp³-hybridized carbons (Fsp3) is 0.0909. The Morgan fingerprint density at radius 2 is 1.87 bits per heavy atom. The molecule has 2 aromatic carbocycles. The maximum absolute atomic E-state index is 13.1. The maximum Gasteiger partial charge on any atom is 0.327 e. The molecule has 0 saturated heterocycles. The summed E-state index contributed by atoms with van der Waals surface area (Å²) in [6.07, 6.45) is 0.282. The summed E-state index contributed by atoms with van der Waals surface area (Å²) in [7, 11) is 1.88. The van der Waals surface area contributed by atoms with E-state index in [2.05, 4.69) is 28.9 Å². The van der Waals surface area contributed by atoms with Gasteiger partial charge in [0.15, 0.2) is 12.6 Å². The van der Waals surface area contributed by atoms with Gasteiger partial charge in [0.2, 0.25) is 0 Å². The fourth-order valence-corrected chi connectivity index (χ4v) is 4.40. The largest absolute Gasteiger partial charge is 0.397 e. The molecule has 4 nitrogen and oxygen atoms in total. The number of nitrogens with two attached hydrogens (primary N) is 1. The average molecular weight is 445 g/mol. The lowest BCUT2D eigenvalue weighted by molar-refractivity contribution is -0.130. The Morgan fingerprint density at radius 1 is 1.07 bits per heavy atom. The van der Waals surface area contributed by atoms with Crippen LogP contribution in [0.2, 0.25) is 0 Å². The van der Waals surface area contributed by atoms with Crippen molar-refractivity contribution in [1.82, 2.24) is 0 Å². The van der Waals surface area contributed by atoms with Gasteiger partial charge in [0.25, 0.3) is 0 Å². The molecule has 0 spiro atoms. The van der Waals surface area contributed by atoms with Crippen molar-refractivity contribution in [3.05, 3.63) is 70.4 Å². The van der Waals surface area contributed by atoms with E-state index in [1.54, 1.807) is 17.4 Å². The van der Waals surface area contributed by atoms with Crippen molar-refractivity contribution >= 4 is 56.7 Å². The zero-order valence-corrected chi connectivity index (χ0v) is 17.5. The van der Waals surface area contributed by atoms with Gasteiger partial charge in [-0.25, -0.2) is 0 Å². The highest BCUT2D eigenvalue weighted by Gasteiger charge is 2.30. The minimum atomic E-state index is -3.47. The third-order valence-corrected chi connectivity index (χ3v) is 6.26. The van der Waals surface area contributed by atoms with Crippen LogP contribution in [0.15, 0.2) is 60.0 Å². The first kappa shape index (κ1) is 21.6. The summed E-state index contributed by atoms with van der Waals surface area (Å²) in [5.41, 5.74) is 8.42. The molecule has 2 heterocycles. The molecule has 0 amide bonds. The van der Waals surface area contributed by atoms with Gasteiger partial charge in [-0.15, -0.1) is 22.7 Å². The predicted octanol–water partition coefficient (Wildman–Crippen LogP) is 6.04. The van der Waals surface area contributed by atoms with Crippen molar-refractivity contribution in [1.29, 1.82) is 0 Å². The van der Waals surface area contributed by atoms with Crippen molar-refractivity contribution in [2.24, 2.45) is 0 Å². The number of hydrogen-bond acceptors (Lipinski definition) is 6. The molecule has 0 atom stereocenters. The van der Waals surface area contributed by atoms with Gasteiger partial charge in [0.1, 0.15) is 0 Å². The number of hydrogen-bond donors (Lipinski definition) is 2. The molecule has 0 aliphatic rings. The minimum absolute atomic E-state index is 0.353. The van der Waals surface area contributed by atoms with Crippen molar-refractivity contribution in [2.45, 2.75) is 5.92 Å². The number of fused-ring (bicyclic) bond motifs is 1. The first-order chi connectivity index (χ1) is 14.4. The van der Waals surface area contributed by atoms with E-state index in [0.29, 0.717) is 15.9 Å². The average Bonchev–Trinajstić information content (AvgIpc) is 3.43. The summed E-state index contributed by atoms with van der Waals surface area (Å²) >= 11 is 2.85. The Kier molecular flexibility index (Phi) is 6.59. The normalized spacial score (nSPS) is 10.9. The number of rotatable bonds is 5. The highest BCUT2D eigenvalue weighted by atomic mass is 32.1. The highest BCUT2D eigenvalue weighted by molar-refractivity contribution is 7.20. The Labute approximate surface area is 180 Å². The van der Waals surface area contributed by atoms with Crippen LogP contribution in [0.1, 0.15) is 15.2 Å². The number of nitrogen functional groups attached to an aromatic ring is 1. The minimum Gasteiger partial charge on any atom is -0.397 e. The van der Waals surface area contributed by atoms with Gasteiger partial charge in [0, 0.05) is 22.2 Å². The number of nitrogens with one attached hydrogen (secondary N) is 1. The van der Waals surface area contributed by atoms with Gasteiger partial charge in [0.05, 0.1) is 16.3 Å². The van der Waals surface area contributed by atoms with Crippen molar-refractivity contribution in [3.8, 4) is 10.4 Å². The van der Waals surface area contributed by atoms with Gasteiger partial charge in [-0.05, 0) is 46.7 Å². The Bertz CT molecular complexity index is 1170. The van der Waals surface area contributed by atoms with E-state index in [9.17, 15) is 18.4 Å². The quantitative estimate of drug-likeness (QED) is 0.291. The summed E-state index contributed by atoms with van der Waals surface area (Å²) in [4.78, 5) is 22.5. The maximum atomic E-state index is 13.1. The summed E-state index contributed by atoms with van der Waals surface area (Å²) < 4.78 is 26.7. The van der Waals surface area contributed by atoms with Crippen LogP contribution in [0.4, 0.5) is 20.2 Å². The van der Waals surface area contributed by atoms with Crippen LogP contribution in [0, 0.1) is 0 Å². The van der Waals surface area contributed by atoms with Gasteiger partial charge in [-0.1, -0.05) is 24.3 Å². The lowest BCUT2D eigenvalue weighted by atomic mass is 10.1. The van der Waals surface area contributed by atoms with Crippen molar-refractivity contribution < 1.29 is 18.4 Å². The summed E-state index contributed by atoms with van der Waals surface area (Å²) in [5.74, 6) is -3.47. The molecule has 4 rings (SSSR count). The third-order valence-electron chi connectivity index (χ3n) is 4.32. The van der Waals surface area contributed by atoms with Crippen LogP contribution in [0.3, 0.4) is 0 Å². The first-order valence-corrected chi connectivity index (χ1v) is 10.5. The molecule has 0 bridgehead atoms. The Morgan fingerprint density at radius 3 is 2.50 bits per heavy atom. The second-order valence-corrected chi connectivity index (χ2v) is 8.35. The summed E-state index contributed by atoms with van der Waals surface area (Å²) in [6, 6.07) is 15.7. The molecule has 4 aromatic rings. The van der Waals surface area contributed by atoms with Crippen LogP contribution >= 0.6 is 22.7 Å². The molecule has 0 radical (unpaired) electrons. The number of alkyl halides is 2. The molecule has 0 fully saturated rings. The number of anilines is 2. The van der Waals surface area contributed by atoms with Crippen LogP contribution in [-0.4, -0.2) is 19.6 Å². The topological polar surface area (TPSA) is 72.2 Å². The third kappa shape index (κ3) is 4.72. The number of aldehydes is 2. The van der Waals surface area contributed by atoms with Gasteiger partial charge < -0.3 is 11.1 Å². The molecule has 0 aliphatic heterocycles. The molecule has 2 aromatic heterocycles. The number of carbonyl (C=O) groups is 2. The van der Waals surface area contributed by atoms with Gasteiger partial charge in [-0.3, -0.25) is 9.59 Å². The molecule has 0 saturated carbocycles. The van der Waals surface area contributed by atoms with Crippen LogP contribution in [0.25, 0.3) is 20.5 Å². The molecular formula is C22H18F2N2O2S2. The monoisotopic (exact) mass is 444 g/mol. The molecule has 3 N–H and O–H groups in total. The molecule has 0 aliphatic carbocycles. The lowest BCUT2D eigenvalue weighted by Crippen LogP contribution is -2.14. The van der Waals surface area contributed by atoms with Crippen LogP contribution in [-0.2, 0) is 10.7 Å². The molecule has 0 unspecified atom stereocenters. The first-order valence-electron chi connectivity index (χ1n) is 8.82. The van der Waals surface area contributed by atoms with E-state index in [4.69, 9.17) is 5.73 Å². The standard InChI is InChI=1S/C11H6F2O2S.C11H12N2S/c12-11(13,6-15)8-2-1-7-3-9(5-14)16-10(7)4-8;1-13-10-7-8(4-5-9(10)12)11-3-2-6-14-11/h1-6H;2-7,13H,12H2,1H3. The molecule has 154 valence electrons. The fourth-order valence-electron chi connectivity index (χ4n) is 2.75. The van der Waals surface area contributed by atoms with Crippen molar-refractivity contribution in [2.75, 3.05) is 18.1 Å². The molecule has 8 heteroatoms. The zero-order valence-electron chi connectivity index (χ0n) is 15.9. The summed E-state index contributed by atoms with van der Waals surface area (Å²) in [6.45, 7) is 0. The Hall–Kier alpha value is -3.10. The highest BCUT2D eigenvalue weighted by Crippen LogP contribution is 2.32.